The Morgan fingerprint density at radius 3 is 1.76 bits per heavy atom. The van der Waals surface area contributed by atoms with Gasteiger partial charge < -0.3 is 0 Å². The fraction of sp³-hybridized carbons (Fsp3) is 0. The van der Waals surface area contributed by atoms with Gasteiger partial charge in [-0.25, -0.2) is 0 Å². The van der Waals surface area contributed by atoms with Gasteiger partial charge in [0, 0.05) is 0 Å². The molecule has 5 heteroatoms. The molecule has 7 rings (SSSR count). The van der Waals surface area contributed by atoms with Crippen LogP contribution in [-0.4, -0.2) is 44.0 Å². The summed E-state index contributed by atoms with van der Waals surface area (Å²) in [5.41, 5.74) is 2.00. The summed E-state index contributed by atoms with van der Waals surface area (Å²) in [5, 5.41) is 5.46. The van der Waals surface area contributed by atoms with Crippen LogP contribution in [0, 0.1) is 0 Å². The Morgan fingerprint density at radius 1 is 0.500 bits per heavy atom. The molecule has 0 fully saturated rings. The van der Waals surface area contributed by atoms with Crippen molar-refractivity contribution in [2.45, 2.75) is 0 Å². The molecular weight excluding hydrogens is 548 g/mol. The number of nitrogens with zero attached hydrogens (tertiary/aromatic N) is 3. The molecule has 7 aromatic rings. The van der Waals surface area contributed by atoms with Gasteiger partial charge in [-0.2, -0.15) is 0 Å². The Bertz CT molecular complexity index is 1740. The third-order valence-corrected chi connectivity index (χ3v) is 10.5. The number of hydrogen-bond acceptors (Lipinski definition) is 3. The van der Waals surface area contributed by atoms with Crippen LogP contribution in [-0.2, 0) is 0 Å². The van der Waals surface area contributed by atoms with Crippen LogP contribution in [0.1, 0.15) is 0 Å². The van der Waals surface area contributed by atoms with Gasteiger partial charge in [0.25, 0.3) is 0 Å². The van der Waals surface area contributed by atoms with Crippen LogP contribution in [0.4, 0.5) is 0 Å². The average Bonchev–Trinajstić information content (AvgIpc) is 3.57. The predicted octanol–water partition coefficient (Wildman–Crippen LogP) is 6.45. The first kappa shape index (κ1) is 20.1. The third-order valence-electron chi connectivity index (χ3n) is 6.01. The molecule has 0 N–H and O–H groups in total. The average molecular weight is 565 g/mol. The zero-order valence-electron chi connectivity index (χ0n) is 18.0. The molecule has 0 saturated heterocycles. The predicted molar refractivity (Wildman–Crippen MR) is 143 cm³/mol. The Balaban J connectivity index is 1.46. The summed E-state index contributed by atoms with van der Waals surface area (Å²) < 4.78 is 4.15. The van der Waals surface area contributed by atoms with Crippen molar-refractivity contribution in [2.24, 2.45) is 0 Å². The number of hydrogen-bond donors (Lipinski definition) is 0. The first-order chi connectivity index (χ1) is 16.8. The molecule has 3 nitrogen and oxygen atoms in total. The van der Waals surface area contributed by atoms with Crippen molar-refractivity contribution in [1.29, 1.82) is 0 Å². The van der Waals surface area contributed by atoms with E-state index in [9.17, 15) is 0 Å². The van der Waals surface area contributed by atoms with Crippen LogP contribution in [0.5, 0.6) is 0 Å². The van der Waals surface area contributed by atoms with Crippen LogP contribution < -0.4 is 0 Å². The SMILES string of the molecule is c1ccc(-c2nc(-c3ccccc3)nc(-c3cc4ccc5c(ccc6cc[se]c65)c4[se]3)n2)cc1. The van der Waals surface area contributed by atoms with E-state index in [-0.39, 0.29) is 14.5 Å². The monoisotopic (exact) mass is 567 g/mol. The Labute approximate surface area is 208 Å². The summed E-state index contributed by atoms with van der Waals surface area (Å²) in [5.74, 6) is 2.21. The molecule has 0 saturated carbocycles. The van der Waals surface area contributed by atoms with E-state index in [1.165, 1.54) is 34.5 Å². The van der Waals surface area contributed by atoms with Crippen molar-refractivity contribution in [3.63, 3.8) is 0 Å². The molecule has 0 radical (unpaired) electrons. The van der Waals surface area contributed by atoms with Gasteiger partial charge in [0.15, 0.2) is 0 Å². The van der Waals surface area contributed by atoms with Crippen LogP contribution in [0.2, 0.25) is 0 Å². The Morgan fingerprint density at radius 2 is 1.09 bits per heavy atom. The summed E-state index contributed by atoms with van der Waals surface area (Å²) >= 11 is 0.555. The molecule has 0 aliphatic heterocycles. The summed E-state index contributed by atoms with van der Waals surface area (Å²) in [4.78, 5) is 17.1. The standard InChI is InChI=1S/C29H17N3Se2/c1-3-7-19(8-4-1)27-30-28(20-9-5-2-6-10-20)32-29(31-27)24-17-21-12-14-22-23(26(21)34-24)13-11-18-15-16-33-25(18)22/h1-17H. The fourth-order valence-electron chi connectivity index (χ4n) is 4.36. The molecule has 0 aliphatic rings. The van der Waals surface area contributed by atoms with Crippen molar-refractivity contribution in [3.8, 4) is 33.0 Å². The van der Waals surface area contributed by atoms with Crippen molar-refractivity contribution in [1.82, 2.24) is 15.0 Å². The van der Waals surface area contributed by atoms with E-state index in [0.717, 1.165) is 17.0 Å². The molecule has 0 unspecified atom stereocenters. The van der Waals surface area contributed by atoms with Gasteiger partial charge in [-0.05, 0) is 0 Å². The maximum atomic E-state index is 4.95. The summed E-state index contributed by atoms with van der Waals surface area (Å²) in [6.45, 7) is 0. The minimum absolute atomic E-state index is 0.130. The molecule has 160 valence electrons. The first-order valence-electron chi connectivity index (χ1n) is 11.0. The van der Waals surface area contributed by atoms with Crippen molar-refractivity contribution < 1.29 is 0 Å². The molecule has 3 heterocycles. The zero-order chi connectivity index (χ0) is 22.5. The molecule has 0 atom stereocenters. The molecule has 0 amide bonds. The van der Waals surface area contributed by atoms with Crippen molar-refractivity contribution in [2.75, 3.05) is 0 Å². The van der Waals surface area contributed by atoms with E-state index in [1.54, 1.807) is 0 Å². The normalized spacial score (nSPS) is 11.5. The molecule has 0 bridgehead atoms. The molecular formula is C29H17N3Se2. The summed E-state index contributed by atoms with van der Waals surface area (Å²) in [6.07, 6.45) is 0. The van der Waals surface area contributed by atoms with Gasteiger partial charge in [0.1, 0.15) is 0 Å². The quantitative estimate of drug-likeness (QED) is 0.232. The van der Waals surface area contributed by atoms with E-state index < -0.39 is 0 Å². The van der Waals surface area contributed by atoms with Crippen LogP contribution in [0.15, 0.2) is 102 Å². The van der Waals surface area contributed by atoms with Crippen molar-refractivity contribution in [3.05, 3.63) is 102 Å². The van der Waals surface area contributed by atoms with E-state index >= 15 is 0 Å². The Hall–Kier alpha value is -3.33. The molecule has 4 aromatic carbocycles. The molecule has 0 spiro atoms. The first-order valence-corrected chi connectivity index (χ1v) is 14.6. The van der Waals surface area contributed by atoms with Gasteiger partial charge >= 0.3 is 209 Å². The number of rotatable bonds is 3. The van der Waals surface area contributed by atoms with Gasteiger partial charge in [-0.3, -0.25) is 0 Å². The number of fused-ring (bicyclic) bond motifs is 5. The van der Waals surface area contributed by atoms with Crippen molar-refractivity contribution >= 4 is 59.1 Å². The second kappa shape index (κ2) is 8.16. The van der Waals surface area contributed by atoms with Gasteiger partial charge in [-0.1, -0.05) is 0 Å². The van der Waals surface area contributed by atoms with Crippen LogP contribution in [0.3, 0.4) is 0 Å². The number of benzene rings is 4. The van der Waals surface area contributed by atoms with Gasteiger partial charge in [0.2, 0.25) is 0 Å². The second-order valence-corrected chi connectivity index (χ2v) is 12.3. The molecule has 34 heavy (non-hydrogen) atoms. The fourth-order valence-corrected chi connectivity index (χ4v) is 8.66. The van der Waals surface area contributed by atoms with E-state index in [0.29, 0.717) is 26.2 Å². The van der Waals surface area contributed by atoms with E-state index in [1.807, 2.05) is 36.4 Å². The van der Waals surface area contributed by atoms with Crippen LogP contribution in [0.25, 0.3) is 63.1 Å². The minimum atomic E-state index is 0.130. The van der Waals surface area contributed by atoms with E-state index in [4.69, 9.17) is 15.0 Å². The van der Waals surface area contributed by atoms with Gasteiger partial charge in [-0.15, -0.1) is 0 Å². The topological polar surface area (TPSA) is 38.7 Å². The third kappa shape index (κ3) is 3.37. The van der Waals surface area contributed by atoms with Crippen LogP contribution >= 0.6 is 0 Å². The van der Waals surface area contributed by atoms with Gasteiger partial charge in [0.05, 0.1) is 0 Å². The zero-order valence-corrected chi connectivity index (χ0v) is 21.4. The Kier molecular flexibility index (Phi) is 4.82. The molecule has 3 aromatic heterocycles. The summed E-state index contributed by atoms with van der Waals surface area (Å²) in [6, 6.07) is 34.1. The molecule has 0 aliphatic carbocycles. The maximum absolute atomic E-state index is 4.95. The second-order valence-electron chi connectivity index (χ2n) is 8.13. The number of aromatic nitrogens is 3. The summed E-state index contributed by atoms with van der Waals surface area (Å²) in [7, 11) is 0. The van der Waals surface area contributed by atoms with E-state index in [2.05, 4.69) is 65.6 Å².